The number of furan rings is 1. The Kier molecular flexibility index (Phi) is 5.01. The molecule has 5 nitrogen and oxygen atoms in total. The standard InChI is InChI=1S/C22H14ClFN2O3/c23-14-11-9-13(10-12-14)21(27)26-19-15-5-1-4-8-18(15)29-20(19)22(28)25-17-7-3-2-6-16(17)24/h1-12H,(H,25,28)(H,26,27). The number of anilines is 2. The number of carbonyl (C=O) groups excluding carboxylic acids is 2. The number of nitrogens with one attached hydrogen (secondary N) is 2. The molecule has 3 aromatic carbocycles. The second-order valence-electron chi connectivity index (χ2n) is 6.20. The Hall–Kier alpha value is -3.64. The summed E-state index contributed by atoms with van der Waals surface area (Å²) >= 11 is 5.86. The first-order chi connectivity index (χ1) is 14.0. The van der Waals surface area contributed by atoms with Crippen LogP contribution in [0.3, 0.4) is 0 Å². The van der Waals surface area contributed by atoms with Crippen molar-refractivity contribution in [2.45, 2.75) is 0 Å². The number of halogens is 2. The third-order valence-corrected chi connectivity index (χ3v) is 4.52. The Labute approximate surface area is 170 Å². The number of fused-ring (bicyclic) bond motifs is 1. The van der Waals surface area contributed by atoms with E-state index in [0.29, 0.717) is 21.6 Å². The summed E-state index contributed by atoms with van der Waals surface area (Å²) in [7, 11) is 0. The lowest BCUT2D eigenvalue weighted by Gasteiger charge is -2.08. The number of benzene rings is 3. The van der Waals surface area contributed by atoms with Crippen LogP contribution in [0.4, 0.5) is 15.8 Å². The first-order valence-corrected chi connectivity index (χ1v) is 9.05. The zero-order valence-corrected chi connectivity index (χ0v) is 15.7. The van der Waals surface area contributed by atoms with Gasteiger partial charge in [-0.2, -0.15) is 0 Å². The van der Waals surface area contributed by atoms with Gasteiger partial charge in [0.25, 0.3) is 11.8 Å². The first kappa shape index (κ1) is 18.7. The van der Waals surface area contributed by atoms with Crippen molar-refractivity contribution in [2.24, 2.45) is 0 Å². The summed E-state index contributed by atoms with van der Waals surface area (Å²) in [6.07, 6.45) is 0. The van der Waals surface area contributed by atoms with Crippen molar-refractivity contribution in [2.75, 3.05) is 10.6 Å². The zero-order valence-electron chi connectivity index (χ0n) is 14.9. The van der Waals surface area contributed by atoms with Crippen molar-refractivity contribution in [3.05, 3.63) is 95.0 Å². The van der Waals surface area contributed by atoms with Gasteiger partial charge in [0.1, 0.15) is 17.1 Å². The second kappa shape index (κ2) is 7.77. The Morgan fingerprint density at radius 1 is 0.828 bits per heavy atom. The van der Waals surface area contributed by atoms with Crippen LogP contribution in [0.5, 0.6) is 0 Å². The molecule has 29 heavy (non-hydrogen) atoms. The van der Waals surface area contributed by atoms with Crippen LogP contribution in [0.15, 0.2) is 77.2 Å². The quantitative estimate of drug-likeness (QED) is 0.453. The predicted octanol–water partition coefficient (Wildman–Crippen LogP) is 5.73. The van der Waals surface area contributed by atoms with Crippen molar-refractivity contribution >= 4 is 45.8 Å². The van der Waals surface area contributed by atoms with E-state index in [9.17, 15) is 14.0 Å². The van der Waals surface area contributed by atoms with Gasteiger partial charge in [0.15, 0.2) is 0 Å². The summed E-state index contributed by atoms with van der Waals surface area (Å²) in [6.45, 7) is 0. The highest BCUT2D eigenvalue weighted by molar-refractivity contribution is 6.30. The number of para-hydroxylation sites is 2. The fourth-order valence-electron chi connectivity index (χ4n) is 2.86. The van der Waals surface area contributed by atoms with E-state index in [-0.39, 0.29) is 17.1 Å². The molecule has 0 unspecified atom stereocenters. The minimum absolute atomic E-state index is 0.00735. The van der Waals surface area contributed by atoms with Gasteiger partial charge in [0, 0.05) is 16.0 Å². The van der Waals surface area contributed by atoms with Gasteiger partial charge >= 0.3 is 0 Å². The molecular weight excluding hydrogens is 395 g/mol. The smallest absolute Gasteiger partial charge is 0.293 e. The maximum atomic E-state index is 13.9. The van der Waals surface area contributed by atoms with Crippen LogP contribution >= 0.6 is 11.6 Å². The lowest BCUT2D eigenvalue weighted by atomic mass is 10.1. The van der Waals surface area contributed by atoms with Crippen LogP contribution in [0.2, 0.25) is 5.02 Å². The van der Waals surface area contributed by atoms with E-state index in [1.165, 1.54) is 18.2 Å². The zero-order chi connectivity index (χ0) is 20.4. The molecule has 144 valence electrons. The van der Waals surface area contributed by atoms with Gasteiger partial charge in [0.2, 0.25) is 5.76 Å². The maximum absolute atomic E-state index is 13.9. The molecule has 0 radical (unpaired) electrons. The molecular formula is C22H14ClFN2O3. The summed E-state index contributed by atoms with van der Waals surface area (Å²) in [5.74, 6) is -1.83. The molecule has 4 aromatic rings. The number of hydrogen-bond acceptors (Lipinski definition) is 3. The number of carbonyl (C=O) groups is 2. The molecule has 0 spiro atoms. The Bertz CT molecular complexity index is 1220. The third kappa shape index (κ3) is 3.83. The van der Waals surface area contributed by atoms with E-state index >= 15 is 0 Å². The average molecular weight is 409 g/mol. The molecule has 0 aliphatic heterocycles. The summed E-state index contributed by atoms with van der Waals surface area (Å²) in [5.41, 5.74) is 0.986. The number of amides is 2. The monoisotopic (exact) mass is 408 g/mol. The van der Waals surface area contributed by atoms with Gasteiger partial charge in [-0.05, 0) is 48.5 Å². The average Bonchev–Trinajstić information content (AvgIpc) is 3.09. The van der Waals surface area contributed by atoms with Crippen molar-refractivity contribution in [1.82, 2.24) is 0 Å². The van der Waals surface area contributed by atoms with Crippen LogP contribution in [-0.2, 0) is 0 Å². The van der Waals surface area contributed by atoms with Crippen LogP contribution in [-0.4, -0.2) is 11.8 Å². The number of hydrogen-bond donors (Lipinski definition) is 2. The molecule has 2 amide bonds. The molecule has 0 bridgehead atoms. The van der Waals surface area contributed by atoms with E-state index in [0.717, 1.165) is 0 Å². The van der Waals surface area contributed by atoms with Gasteiger partial charge in [-0.15, -0.1) is 0 Å². The summed E-state index contributed by atoms with van der Waals surface area (Å²) in [5, 5.41) is 6.24. The van der Waals surface area contributed by atoms with Gasteiger partial charge in [-0.3, -0.25) is 9.59 Å². The Morgan fingerprint density at radius 2 is 1.52 bits per heavy atom. The molecule has 0 fully saturated rings. The van der Waals surface area contributed by atoms with Gasteiger partial charge in [-0.25, -0.2) is 4.39 Å². The number of rotatable bonds is 4. The van der Waals surface area contributed by atoms with Gasteiger partial charge in [-0.1, -0.05) is 35.9 Å². The molecule has 7 heteroatoms. The topological polar surface area (TPSA) is 71.3 Å². The van der Waals surface area contributed by atoms with Crippen molar-refractivity contribution in [3.63, 3.8) is 0 Å². The van der Waals surface area contributed by atoms with Crippen molar-refractivity contribution < 1.29 is 18.4 Å². The summed E-state index contributed by atoms with van der Waals surface area (Å²) < 4.78 is 19.6. The van der Waals surface area contributed by atoms with Crippen molar-refractivity contribution in [3.8, 4) is 0 Å². The summed E-state index contributed by atoms with van der Waals surface area (Å²) in [4.78, 5) is 25.4. The highest BCUT2D eigenvalue weighted by Crippen LogP contribution is 2.32. The molecule has 0 aliphatic carbocycles. The second-order valence-corrected chi connectivity index (χ2v) is 6.63. The Morgan fingerprint density at radius 3 is 2.28 bits per heavy atom. The Balaban J connectivity index is 1.71. The minimum atomic E-state index is -0.683. The summed E-state index contributed by atoms with van der Waals surface area (Å²) in [6, 6.07) is 19.0. The molecule has 4 rings (SSSR count). The van der Waals surface area contributed by atoms with E-state index in [2.05, 4.69) is 10.6 Å². The van der Waals surface area contributed by atoms with Crippen LogP contribution in [0, 0.1) is 5.82 Å². The van der Waals surface area contributed by atoms with E-state index in [1.807, 2.05) is 0 Å². The normalized spacial score (nSPS) is 10.7. The van der Waals surface area contributed by atoms with E-state index < -0.39 is 17.6 Å². The molecule has 1 aromatic heterocycles. The van der Waals surface area contributed by atoms with Crippen LogP contribution in [0.1, 0.15) is 20.9 Å². The van der Waals surface area contributed by atoms with Crippen molar-refractivity contribution in [1.29, 1.82) is 0 Å². The SMILES string of the molecule is O=C(Nc1c(C(=O)Nc2ccccc2F)oc2ccccc12)c1ccc(Cl)cc1. The fourth-order valence-corrected chi connectivity index (χ4v) is 2.98. The highest BCUT2D eigenvalue weighted by atomic mass is 35.5. The molecule has 0 atom stereocenters. The lowest BCUT2D eigenvalue weighted by molar-refractivity contribution is 0.0999. The van der Waals surface area contributed by atoms with E-state index in [4.69, 9.17) is 16.0 Å². The molecule has 0 saturated heterocycles. The van der Waals surface area contributed by atoms with Crippen LogP contribution < -0.4 is 10.6 Å². The third-order valence-electron chi connectivity index (χ3n) is 4.27. The minimum Gasteiger partial charge on any atom is -0.449 e. The predicted molar refractivity (Wildman–Crippen MR) is 110 cm³/mol. The molecule has 0 saturated carbocycles. The van der Waals surface area contributed by atoms with Gasteiger partial charge in [0.05, 0.1) is 5.69 Å². The largest absolute Gasteiger partial charge is 0.449 e. The molecule has 1 heterocycles. The highest BCUT2D eigenvalue weighted by Gasteiger charge is 2.23. The maximum Gasteiger partial charge on any atom is 0.293 e. The lowest BCUT2D eigenvalue weighted by Crippen LogP contribution is -2.17. The molecule has 0 aliphatic rings. The van der Waals surface area contributed by atoms with Gasteiger partial charge < -0.3 is 15.1 Å². The van der Waals surface area contributed by atoms with Crippen LogP contribution in [0.25, 0.3) is 11.0 Å². The van der Waals surface area contributed by atoms with E-state index in [1.54, 1.807) is 54.6 Å². The fraction of sp³-hybridized carbons (Fsp3) is 0. The first-order valence-electron chi connectivity index (χ1n) is 8.67. The molecule has 2 N–H and O–H groups in total.